The van der Waals surface area contributed by atoms with Gasteiger partial charge in [-0.15, -0.1) is 0 Å². The molecule has 0 radical (unpaired) electrons. The van der Waals surface area contributed by atoms with E-state index in [0.717, 1.165) is 19.4 Å². The van der Waals surface area contributed by atoms with Crippen LogP contribution in [0, 0.1) is 0 Å². The van der Waals surface area contributed by atoms with E-state index in [-0.39, 0.29) is 31.5 Å². The van der Waals surface area contributed by atoms with Crippen molar-refractivity contribution in [1.29, 1.82) is 0 Å². The number of rotatable bonds is 27. The highest BCUT2D eigenvalue weighted by atomic mass is 16.6. The summed E-state index contributed by atoms with van der Waals surface area (Å²) in [5.41, 5.74) is 0. The van der Waals surface area contributed by atoms with Gasteiger partial charge in [-0.1, -0.05) is 13.3 Å². The molecule has 5 atom stereocenters. The van der Waals surface area contributed by atoms with E-state index in [1.165, 1.54) is 0 Å². The molecule has 0 aromatic heterocycles. The van der Waals surface area contributed by atoms with E-state index in [9.17, 15) is 9.59 Å². The van der Waals surface area contributed by atoms with Gasteiger partial charge >= 0.3 is 11.9 Å². The lowest BCUT2D eigenvalue weighted by Crippen LogP contribution is -2.27. The zero-order chi connectivity index (χ0) is 33.3. The SMILES string of the molecule is CC(O)COC(C)COC(C)COC(C)CO.CCCCOCCOCCOCCOCCO.O=C(O)CC(O)C(=O)O. The third-order valence-electron chi connectivity index (χ3n) is 4.76. The Balaban J connectivity index is -0.000000586. The molecule has 0 bridgehead atoms. The largest absolute Gasteiger partial charge is 0.481 e. The molecule has 0 saturated carbocycles. The van der Waals surface area contributed by atoms with Crippen LogP contribution in [0.15, 0.2) is 0 Å². The number of hydrogen-bond donors (Lipinski definition) is 6. The standard InChI is InChI=1S/2C12H26O5.C4H6O5/c1-9(14)6-15-11(3)8-17-12(4)7-16-10(2)5-13;1-2-3-5-14-7-9-16-11-12-17-10-8-15-6-4-13;5-2(4(8)9)1-3(6)7/h9-14H,5-8H2,1-4H3;13H,2-12H2,1H3;2,5H,1H2,(H,6,7)(H,8,9). The van der Waals surface area contributed by atoms with Gasteiger partial charge in [-0.05, 0) is 34.1 Å². The molecular formula is C28H58O15. The Morgan fingerprint density at radius 3 is 1.40 bits per heavy atom. The Bertz CT molecular complexity index is 581. The topological polar surface area (TPSA) is 220 Å². The number of carboxylic acids is 2. The molecule has 15 nitrogen and oxygen atoms in total. The molecule has 5 unspecified atom stereocenters. The fraction of sp³-hybridized carbons (Fsp3) is 0.929. The molecule has 260 valence electrons. The minimum Gasteiger partial charge on any atom is -0.481 e. The summed E-state index contributed by atoms with van der Waals surface area (Å²) in [5, 5.41) is 50.4. The Hall–Kier alpha value is -1.50. The Labute approximate surface area is 255 Å². The van der Waals surface area contributed by atoms with Crippen LogP contribution in [0.1, 0.15) is 53.9 Å². The van der Waals surface area contributed by atoms with Crippen molar-refractivity contribution in [2.45, 2.75) is 84.4 Å². The summed E-state index contributed by atoms with van der Waals surface area (Å²) in [6.07, 6.45) is -0.987. The van der Waals surface area contributed by atoms with E-state index in [2.05, 4.69) is 6.92 Å². The summed E-state index contributed by atoms with van der Waals surface area (Å²) in [5.74, 6) is -2.85. The normalized spacial score (nSPS) is 14.3. The number of aliphatic hydroxyl groups is 4. The van der Waals surface area contributed by atoms with E-state index in [1.807, 2.05) is 13.8 Å². The molecule has 0 aliphatic rings. The molecule has 0 aromatic rings. The second-order valence-electron chi connectivity index (χ2n) is 9.44. The molecule has 0 fully saturated rings. The minimum atomic E-state index is -1.79. The van der Waals surface area contributed by atoms with Crippen molar-refractivity contribution in [1.82, 2.24) is 0 Å². The fourth-order valence-corrected chi connectivity index (χ4v) is 2.38. The van der Waals surface area contributed by atoms with Crippen molar-refractivity contribution in [3.05, 3.63) is 0 Å². The summed E-state index contributed by atoms with van der Waals surface area (Å²) in [7, 11) is 0. The first kappa shape index (κ1) is 45.9. The number of carbonyl (C=O) groups is 2. The summed E-state index contributed by atoms with van der Waals surface area (Å²) in [6.45, 7) is 15.4. The van der Waals surface area contributed by atoms with Crippen molar-refractivity contribution in [3.8, 4) is 0 Å². The number of aliphatic hydroxyl groups excluding tert-OH is 4. The first-order valence-corrected chi connectivity index (χ1v) is 14.6. The molecule has 0 heterocycles. The van der Waals surface area contributed by atoms with E-state index in [4.69, 9.17) is 63.8 Å². The van der Waals surface area contributed by atoms with Crippen molar-refractivity contribution in [2.24, 2.45) is 0 Å². The highest BCUT2D eigenvalue weighted by molar-refractivity contribution is 5.79. The Morgan fingerprint density at radius 1 is 0.628 bits per heavy atom. The third kappa shape index (κ3) is 42.7. The molecule has 6 N–H and O–H groups in total. The maximum Gasteiger partial charge on any atom is 0.333 e. The maximum absolute atomic E-state index is 9.72. The van der Waals surface area contributed by atoms with E-state index >= 15 is 0 Å². The second kappa shape index (κ2) is 35.0. The molecule has 0 spiro atoms. The first-order valence-electron chi connectivity index (χ1n) is 14.6. The lowest BCUT2D eigenvalue weighted by atomic mass is 10.3. The number of unbranched alkanes of at least 4 members (excludes halogenated alkanes) is 1. The van der Waals surface area contributed by atoms with Crippen LogP contribution in [0.5, 0.6) is 0 Å². The lowest BCUT2D eigenvalue weighted by molar-refractivity contribution is -0.152. The van der Waals surface area contributed by atoms with Gasteiger partial charge in [-0.25, -0.2) is 4.79 Å². The lowest BCUT2D eigenvalue weighted by Gasteiger charge is -2.19. The van der Waals surface area contributed by atoms with Gasteiger partial charge < -0.3 is 63.8 Å². The zero-order valence-corrected chi connectivity index (χ0v) is 26.6. The minimum absolute atomic E-state index is 0.0145. The van der Waals surface area contributed by atoms with Crippen LogP contribution in [-0.2, 0) is 42.7 Å². The average Bonchev–Trinajstić information content (AvgIpc) is 2.96. The number of aliphatic carboxylic acids is 2. The molecule has 0 aliphatic heterocycles. The molecule has 0 saturated heterocycles. The van der Waals surface area contributed by atoms with E-state index in [1.54, 1.807) is 13.8 Å². The van der Waals surface area contributed by atoms with Crippen LogP contribution in [0.2, 0.25) is 0 Å². The molecule has 0 aromatic carbocycles. The van der Waals surface area contributed by atoms with Crippen molar-refractivity contribution in [2.75, 3.05) is 85.9 Å². The van der Waals surface area contributed by atoms with Gasteiger partial charge in [0.15, 0.2) is 6.10 Å². The molecule has 43 heavy (non-hydrogen) atoms. The van der Waals surface area contributed by atoms with E-state index in [0.29, 0.717) is 66.1 Å². The Kier molecular flexibility index (Phi) is 37.4. The maximum atomic E-state index is 9.72. The van der Waals surface area contributed by atoms with Crippen molar-refractivity contribution < 1.29 is 73.4 Å². The summed E-state index contributed by atoms with van der Waals surface area (Å²) >= 11 is 0. The van der Waals surface area contributed by atoms with Gasteiger partial charge in [0.05, 0.1) is 110 Å². The number of carboxylic acid groups (broad SMARTS) is 2. The predicted molar refractivity (Wildman–Crippen MR) is 156 cm³/mol. The summed E-state index contributed by atoms with van der Waals surface area (Å²) < 4.78 is 37.1. The Morgan fingerprint density at radius 2 is 1.05 bits per heavy atom. The van der Waals surface area contributed by atoms with Crippen LogP contribution < -0.4 is 0 Å². The quantitative estimate of drug-likeness (QED) is 0.0670. The van der Waals surface area contributed by atoms with Crippen LogP contribution in [0.4, 0.5) is 0 Å². The molecule has 0 aliphatic carbocycles. The van der Waals surface area contributed by atoms with Crippen LogP contribution in [0.3, 0.4) is 0 Å². The van der Waals surface area contributed by atoms with Crippen LogP contribution >= 0.6 is 0 Å². The highest BCUT2D eigenvalue weighted by Crippen LogP contribution is 2.00. The van der Waals surface area contributed by atoms with Crippen LogP contribution in [-0.4, -0.2) is 159 Å². The average molecular weight is 635 g/mol. The van der Waals surface area contributed by atoms with Gasteiger partial charge in [0.1, 0.15) is 0 Å². The highest BCUT2D eigenvalue weighted by Gasteiger charge is 2.16. The number of hydrogen-bond acceptors (Lipinski definition) is 13. The van der Waals surface area contributed by atoms with Gasteiger partial charge in [0, 0.05) is 6.61 Å². The third-order valence-corrected chi connectivity index (χ3v) is 4.76. The van der Waals surface area contributed by atoms with Crippen molar-refractivity contribution >= 4 is 11.9 Å². The fourth-order valence-electron chi connectivity index (χ4n) is 2.38. The monoisotopic (exact) mass is 634 g/mol. The van der Waals surface area contributed by atoms with Gasteiger partial charge in [-0.3, -0.25) is 4.79 Å². The van der Waals surface area contributed by atoms with Gasteiger partial charge in [0.2, 0.25) is 0 Å². The zero-order valence-electron chi connectivity index (χ0n) is 26.6. The first-order chi connectivity index (χ1) is 20.4. The molecule has 0 rings (SSSR count). The molecule has 0 amide bonds. The van der Waals surface area contributed by atoms with Gasteiger partial charge in [0.25, 0.3) is 0 Å². The van der Waals surface area contributed by atoms with E-state index < -0.39 is 30.6 Å². The smallest absolute Gasteiger partial charge is 0.333 e. The summed E-state index contributed by atoms with van der Waals surface area (Å²) in [4.78, 5) is 19.4. The summed E-state index contributed by atoms with van der Waals surface area (Å²) in [6, 6.07) is 0. The second-order valence-corrected chi connectivity index (χ2v) is 9.44. The van der Waals surface area contributed by atoms with Crippen molar-refractivity contribution in [3.63, 3.8) is 0 Å². The molecule has 15 heteroatoms. The van der Waals surface area contributed by atoms with Gasteiger partial charge in [-0.2, -0.15) is 0 Å². The number of ether oxygens (including phenoxy) is 7. The van der Waals surface area contributed by atoms with Crippen LogP contribution in [0.25, 0.3) is 0 Å². The molecular weight excluding hydrogens is 576 g/mol. The predicted octanol–water partition coefficient (Wildman–Crippen LogP) is 0.327.